The Kier molecular flexibility index (Phi) is 4.95. The lowest BCUT2D eigenvalue weighted by molar-refractivity contribution is 0.0833. The van der Waals surface area contributed by atoms with Crippen LogP contribution >= 0.6 is 0 Å². The molecule has 2 heterocycles. The number of hydrogen-bond acceptors (Lipinski definition) is 5. The van der Waals surface area contributed by atoms with Gasteiger partial charge in [-0.1, -0.05) is 0 Å². The van der Waals surface area contributed by atoms with Crippen LogP contribution in [0.4, 0.5) is 0 Å². The summed E-state index contributed by atoms with van der Waals surface area (Å²) in [5.41, 5.74) is 0.720. The summed E-state index contributed by atoms with van der Waals surface area (Å²) < 4.78 is 11.0. The smallest absolute Gasteiger partial charge is 0.166 e. The third-order valence-corrected chi connectivity index (χ3v) is 4.42. The number of carbonyl (C=O) groups excluding carboxylic acids is 1. The minimum atomic E-state index is 0.0907. The molecule has 0 atom stereocenters. The molecule has 1 saturated heterocycles. The van der Waals surface area contributed by atoms with Crippen molar-refractivity contribution >= 4 is 5.78 Å². The minimum Gasteiger partial charge on any atom is -0.486 e. The molecule has 0 bridgehead atoms. The molecule has 1 N–H and O–H groups in total. The van der Waals surface area contributed by atoms with Crippen LogP contribution < -0.4 is 9.47 Å². The summed E-state index contributed by atoms with van der Waals surface area (Å²) in [5, 5.41) is 8.88. The molecule has 0 aromatic heterocycles. The van der Waals surface area contributed by atoms with Gasteiger partial charge in [0, 0.05) is 24.6 Å². The highest BCUT2D eigenvalue weighted by molar-refractivity contribution is 5.98. The van der Waals surface area contributed by atoms with E-state index >= 15 is 0 Å². The quantitative estimate of drug-likeness (QED) is 0.840. The number of likely N-dealkylation sites (tertiary alicyclic amines) is 1. The van der Waals surface area contributed by atoms with E-state index in [1.54, 1.807) is 0 Å². The van der Waals surface area contributed by atoms with E-state index in [0.29, 0.717) is 19.0 Å². The fourth-order valence-electron chi connectivity index (χ4n) is 3.15. The molecule has 0 spiro atoms. The topological polar surface area (TPSA) is 59.0 Å². The minimum absolute atomic E-state index is 0.0907. The van der Waals surface area contributed by atoms with Crippen molar-refractivity contribution < 1.29 is 19.4 Å². The monoisotopic (exact) mass is 305 g/mol. The van der Waals surface area contributed by atoms with Gasteiger partial charge in [-0.2, -0.15) is 0 Å². The molecular weight excluding hydrogens is 282 g/mol. The van der Waals surface area contributed by atoms with Crippen LogP contribution in [0.25, 0.3) is 0 Å². The van der Waals surface area contributed by atoms with Crippen molar-refractivity contribution in [3.63, 3.8) is 0 Å². The SMILES string of the molecule is O=C(c1ccc2c(c1)OCCO2)C1CCN(CCCO)CC1. The Morgan fingerprint density at radius 3 is 2.64 bits per heavy atom. The number of rotatable bonds is 5. The second-order valence-electron chi connectivity index (χ2n) is 5.92. The zero-order chi connectivity index (χ0) is 15.4. The first-order valence-electron chi connectivity index (χ1n) is 8.05. The number of ketones is 1. The first-order valence-corrected chi connectivity index (χ1v) is 8.05. The third kappa shape index (κ3) is 3.42. The molecule has 0 unspecified atom stereocenters. The summed E-state index contributed by atoms with van der Waals surface area (Å²) in [6.45, 7) is 4.11. The normalized spacial score (nSPS) is 19.1. The number of ether oxygens (including phenoxy) is 2. The van der Waals surface area contributed by atoms with E-state index in [9.17, 15) is 4.79 Å². The fourth-order valence-corrected chi connectivity index (χ4v) is 3.15. The summed E-state index contributed by atoms with van der Waals surface area (Å²) in [6, 6.07) is 5.49. The number of Topliss-reactive ketones (excluding diaryl/α,β-unsaturated/α-hetero) is 1. The number of hydrogen-bond donors (Lipinski definition) is 1. The predicted octanol–water partition coefficient (Wildman–Crippen LogP) is 1.73. The zero-order valence-corrected chi connectivity index (χ0v) is 12.8. The highest BCUT2D eigenvalue weighted by Gasteiger charge is 2.26. The number of nitrogens with zero attached hydrogens (tertiary/aromatic N) is 1. The van der Waals surface area contributed by atoms with Crippen LogP contribution in [0.3, 0.4) is 0 Å². The number of piperidine rings is 1. The predicted molar refractivity (Wildman–Crippen MR) is 82.6 cm³/mol. The number of fused-ring (bicyclic) bond motifs is 1. The van der Waals surface area contributed by atoms with Gasteiger partial charge in [0.05, 0.1) is 0 Å². The highest BCUT2D eigenvalue weighted by atomic mass is 16.6. The summed E-state index contributed by atoms with van der Waals surface area (Å²) in [7, 11) is 0. The number of aliphatic hydroxyl groups is 1. The molecule has 0 saturated carbocycles. The third-order valence-electron chi connectivity index (χ3n) is 4.42. The van der Waals surface area contributed by atoms with E-state index < -0.39 is 0 Å². The van der Waals surface area contributed by atoms with Crippen molar-refractivity contribution in [1.29, 1.82) is 0 Å². The molecule has 3 rings (SSSR count). The number of carbonyl (C=O) groups is 1. The lowest BCUT2D eigenvalue weighted by Crippen LogP contribution is -2.37. The maximum Gasteiger partial charge on any atom is 0.166 e. The number of benzene rings is 1. The Morgan fingerprint density at radius 2 is 1.91 bits per heavy atom. The summed E-state index contributed by atoms with van der Waals surface area (Å²) in [4.78, 5) is 15.0. The van der Waals surface area contributed by atoms with Crippen molar-refractivity contribution in [2.45, 2.75) is 19.3 Å². The molecule has 0 amide bonds. The Balaban J connectivity index is 1.60. The first kappa shape index (κ1) is 15.3. The molecule has 0 radical (unpaired) electrons. The summed E-state index contributed by atoms with van der Waals surface area (Å²) in [6.07, 6.45) is 2.58. The van der Waals surface area contributed by atoms with Gasteiger partial charge >= 0.3 is 0 Å². The Morgan fingerprint density at radius 1 is 1.18 bits per heavy atom. The second-order valence-corrected chi connectivity index (χ2v) is 5.92. The largest absolute Gasteiger partial charge is 0.486 e. The molecule has 5 heteroatoms. The van der Waals surface area contributed by atoms with E-state index in [-0.39, 0.29) is 18.3 Å². The molecule has 22 heavy (non-hydrogen) atoms. The van der Waals surface area contributed by atoms with Crippen LogP contribution in [-0.2, 0) is 0 Å². The molecular formula is C17H23NO4. The highest BCUT2D eigenvalue weighted by Crippen LogP contribution is 2.32. The maximum absolute atomic E-state index is 12.7. The maximum atomic E-state index is 12.7. The first-order chi connectivity index (χ1) is 10.8. The van der Waals surface area contributed by atoms with Gasteiger partial charge in [0.1, 0.15) is 13.2 Å². The molecule has 1 aromatic rings. The van der Waals surface area contributed by atoms with Crippen LogP contribution in [0.1, 0.15) is 29.6 Å². The fraction of sp³-hybridized carbons (Fsp3) is 0.588. The Hall–Kier alpha value is -1.59. The van der Waals surface area contributed by atoms with Crippen LogP contribution in [0.5, 0.6) is 11.5 Å². The average molecular weight is 305 g/mol. The van der Waals surface area contributed by atoms with E-state index in [2.05, 4.69) is 4.90 Å². The van der Waals surface area contributed by atoms with Crippen molar-refractivity contribution in [2.75, 3.05) is 39.5 Å². The second kappa shape index (κ2) is 7.11. The van der Waals surface area contributed by atoms with Crippen LogP contribution in [0.2, 0.25) is 0 Å². The van der Waals surface area contributed by atoms with Crippen molar-refractivity contribution in [2.24, 2.45) is 5.92 Å². The van der Waals surface area contributed by atoms with Gasteiger partial charge in [0.15, 0.2) is 17.3 Å². The molecule has 1 aromatic carbocycles. The van der Waals surface area contributed by atoms with Gasteiger partial charge in [-0.05, 0) is 50.6 Å². The standard InChI is InChI=1S/C17H23NO4/c19-9-1-6-18-7-4-13(5-8-18)17(20)14-2-3-15-16(12-14)22-11-10-21-15/h2-3,12-13,19H,1,4-11H2. The van der Waals surface area contributed by atoms with Gasteiger partial charge in [-0.25, -0.2) is 0 Å². The molecule has 2 aliphatic heterocycles. The Bertz CT molecular complexity index is 523. The summed E-state index contributed by atoms with van der Waals surface area (Å²) >= 11 is 0. The van der Waals surface area contributed by atoms with E-state index in [0.717, 1.165) is 50.2 Å². The van der Waals surface area contributed by atoms with Gasteiger partial charge < -0.3 is 19.5 Å². The van der Waals surface area contributed by atoms with Crippen molar-refractivity contribution in [3.05, 3.63) is 23.8 Å². The van der Waals surface area contributed by atoms with Crippen LogP contribution in [0.15, 0.2) is 18.2 Å². The van der Waals surface area contributed by atoms with Crippen molar-refractivity contribution in [1.82, 2.24) is 4.90 Å². The lowest BCUT2D eigenvalue weighted by atomic mass is 9.88. The van der Waals surface area contributed by atoms with Gasteiger partial charge in [0.25, 0.3) is 0 Å². The molecule has 1 fully saturated rings. The molecule has 5 nitrogen and oxygen atoms in total. The molecule has 120 valence electrons. The van der Waals surface area contributed by atoms with E-state index in [1.807, 2.05) is 18.2 Å². The van der Waals surface area contributed by atoms with Crippen LogP contribution in [0, 0.1) is 5.92 Å². The molecule has 2 aliphatic rings. The Labute approximate surface area is 130 Å². The van der Waals surface area contributed by atoms with Crippen LogP contribution in [-0.4, -0.2) is 55.2 Å². The number of aliphatic hydroxyl groups excluding tert-OH is 1. The summed E-state index contributed by atoms with van der Waals surface area (Å²) in [5.74, 6) is 1.70. The van der Waals surface area contributed by atoms with E-state index in [1.165, 1.54) is 0 Å². The van der Waals surface area contributed by atoms with E-state index in [4.69, 9.17) is 14.6 Å². The average Bonchev–Trinajstić information content (AvgIpc) is 2.59. The van der Waals surface area contributed by atoms with Gasteiger partial charge in [-0.3, -0.25) is 4.79 Å². The van der Waals surface area contributed by atoms with Crippen molar-refractivity contribution in [3.8, 4) is 11.5 Å². The van der Waals surface area contributed by atoms with Gasteiger partial charge in [-0.15, -0.1) is 0 Å². The molecule has 0 aliphatic carbocycles. The lowest BCUT2D eigenvalue weighted by Gasteiger charge is -2.31. The zero-order valence-electron chi connectivity index (χ0n) is 12.8. The van der Waals surface area contributed by atoms with Gasteiger partial charge in [0.2, 0.25) is 0 Å².